The van der Waals surface area contributed by atoms with E-state index in [2.05, 4.69) is 29.4 Å². The number of aryl methyl sites for hydroxylation is 1. The van der Waals surface area contributed by atoms with Crippen LogP contribution in [0.25, 0.3) is 0 Å². The van der Waals surface area contributed by atoms with Crippen LogP contribution in [0.4, 0.5) is 11.5 Å². The van der Waals surface area contributed by atoms with Crippen molar-refractivity contribution in [3.8, 4) is 0 Å². The van der Waals surface area contributed by atoms with Gasteiger partial charge in [0.05, 0.1) is 0 Å². The minimum Gasteiger partial charge on any atom is -0.341 e. The van der Waals surface area contributed by atoms with Gasteiger partial charge in [-0.2, -0.15) is 0 Å². The smallest absolute Gasteiger partial charge is 0.329 e. The maximum Gasteiger partial charge on any atom is 0.329 e. The molecule has 0 aliphatic rings. The fourth-order valence-corrected chi connectivity index (χ4v) is 2.69. The molecule has 2 rings (SSSR count). The van der Waals surface area contributed by atoms with E-state index in [9.17, 15) is 9.59 Å². The molecule has 0 amide bonds. The van der Waals surface area contributed by atoms with Gasteiger partial charge in [-0.3, -0.25) is 14.3 Å². The third-order valence-electron chi connectivity index (χ3n) is 4.21. The van der Waals surface area contributed by atoms with E-state index < -0.39 is 11.2 Å². The van der Waals surface area contributed by atoms with E-state index in [0.29, 0.717) is 5.82 Å². The molecule has 5 nitrogen and oxygen atoms in total. The van der Waals surface area contributed by atoms with E-state index in [0.717, 1.165) is 12.1 Å². The zero-order chi connectivity index (χ0) is 17.4. The normalized spacial score (nSPS) is 10.8. The molecule has 0 saturated heterocycles. The van der Waals surface area contributed by atoms with Crippen LogP contribution in [0.1, 0.15) is 51.0 Å². The van der Waals surface area contributed by atoms with Crippen molar-refractivity contribution < 1.29 is 0 Å². The van der Waals surface area contributed by atoms with Crippen LogP contribution in [0.3, 0.4) is 0 Å². The summed E-state index contributed by atoms with van der Waals surface area (Å²) in [5.74, 6) is 0.479. The maximum absolute atomic E-state index is 11.6. The highest BCUT2D eigenvalue weighted by Crippen LogP contribution is 2.16. The highest BCUT2D eigenvalue weighted by atomic mass is 16.2. The van der Waals surface area contributed by atoms with E-state index in [4.69, 9.17) is 0 Å². The molecule has 2 N–H and O–H groups in total. The molecule has 5 heteroatoms. The lowest BCUT2D eigenvalue weighted by molar-refractivity contribution is 0.607. The van der Waals surface area contributed by atoms with Crippen molar-refractivity contribution >= 4 is 11.5 Å². The Hall–Kier alpha value is -2.30. The minimum absolute atomic E-state index is 0.403. The summed E-state index contributed by atoms with van der Waals surface area (Å²) in [6.07, 6.45) is 8.89. The Labute approximate surface area is 142 Å². The lowest BCUT2D eigenvalue weighted by Gasteiger charge is -2.10. The Bertz CT molecular complexity index is 744. The van der Waals surface area contributed by atoms with E-state index in [1.54, 1.807) is 7.05 Å². The molecule has 1 aromatic heterocycles. The lowest BCUT2D eigenvalue weighted by Crippen LogP contribution is -2.29. The van der Waals surface area contributed by atoms with Gasteiger partial charge >= 0.3 is 5.69 Å². The van der Waals surface area contributed by atoms with E-state index in [1.807, 2.05) is 12.1 Å². The molecule has 0 aliphatic carbocycles. The van der Waals surface area contributed by atoms with Gasteiger partial charge in [0, 0.05) is 18.8 Å². The van der Waals surface area contributed by atoms with Crippen LogP contribution in [0, 0.1) is 0 Å². The predicted octanol–water partition coefficient (Wildman–Crippen LogP) is 3.72. The third-order valence-corrected chi connectivity index (χ3v) is 4.21. The van der Waals surface area contributed by atoms with Crippen LogP contribution < -0.4 is 16.6 Å². The maximum atomic E-state index is 11.6. The first-order chi connectivity index (χ1) is 11.6. The molecular weight excluding hydrogens is 302 g/mol. The number of unbranched alkanes of at least 4 members (excludes halogenated alkanes) is 5. The predicted molar refractivity (Wildman–Crippen MR) is 99.1 cm³/mol. The Kier molecular flexibility index (Phi) is 6.85. The summed E-state index contributed by atoms with van der Waals surface area (Å²) < 4.78 is 1.38. The average Bonchev–Trinajstić information content (AvgIpc) is 2.57. The summed E-state index contributed by atoms with van der Waals surface area (Å²) in [5.41, 5.74) is 1.35. The van der Waals surface area contributed by atoms with Crippen molar-refractivity contribution in [2.45, 2.75) is 51.9 Å². The molecule has 0 bridgehead atoms. The zero-order valence-corrected chi connectivity index (χ0v) is 14.6. The fraction of sp³-hybridized carbons (Fsp3) is 0.474. The van der Waals surface area contributed by atoms with Crippen molar-refractivity contribution in [1.82, 2.24) is 9.55 Å². The number of aromatic amines is 1. The summed E-state index contributed by atoms with van der Waals surface area (Å²) in [5, 5.41) is 3.11. The van der Waals surface area contributed by atoms with Gasteiger partial charge in [-0.15, -0.1) is 0 Å². The molecule has 1 heterocycles. The van der Waals surface area contributed by atoms with E-state index >= 15 is 0 Å². The fourth-order valence-electron chi connectivity index (χ4n) is 2.69. The number of benzene rings is 1. The van der Waals surface area contributed by atoms with Crippen LogP contribution in [-0.2, 0) is 13.5 Å². The van der Waals surface area contributed by atoms with Crippen molar-refractivity contribution in [2.75, 3.05) is 5.32 Å². The van der Waals surface area contributed by atoms with E-state index in [-0.39, 0.29) is 0 Å². The van der Waals surface area contributed by atoms with Crippen molar-refractivity contribution in [3.05, 3.63) is 56.7 Å². The van der Waals surface area contributed by atoms with Crippen molar-refractivity contribution in [3.63, 3.8) is 0 Å². The molecule has 2 aromatic rings. The quantitative estimate of drug-likeness (QED) is 0.689. The van der Waals surface area contributed by atoms with Crippen molar-refractivity contribution in [1.29, 1.82) is 0 Å². The Balaban J connectivity index is 1.88. The molecule has 0 atom stereocenters. The van der Waals surface area contributed by atoms with Gasteiger partial charge in [0.15, 0.2) is 0 Å². The Morgan fingerprint density at radius 1 is 1.00 bits per heavy atom. The van der Waals surface area contributed by atoms with Gasteiger partial charge in [-0.1, -0.05) is 51.2 Å². The van der Waals surface area contributed by atoms with Crippen LogP contribution in [0.15, 0.2) is 39.9 Å². The number of H-pyrrole nitrogens is 1. The SMILES string of the molecule is CCCCCCCCc1ccc(Nc2cc(=O)[nH]c(=O)n2C)cc1. The van der Waals surface area contributed by atoms with E-state index in [1.165, 1.54) is 54.7 Å². The second-order valence-electron chi connectivity index (χ2n) is 6.22. The molecule has 1 aromatic carbocycles. The van der Waals surface area contributed by atoms with Gasteiger partial charge in [0.1, 0.15) is 5.82 Å². The van der Waals surface area contributed by atoms with Gasteiger partial charge in [0.2, 0.25) is 0 Å². The monoisotopic (exact) mass is 329 g/mol. The zero-order valence-electron chi connectivity index (χ0n) is 14.6. The number of hydrogen-bond acceptors (Lipinski definition) is 3. The molecule has 24 heavy (non-hydrogen) atoms. The number of aromatic nitrogens is 2. The van der Waals surface area contributed by atoms with Gasteiger partial charge in [-0.05, 0) is 30.5 Å². The number of rotatable bonds is 9. The molecule has 0 aliphatic heterocycles. The molecule has 130 valence electrons. The summed E-state index contributed by atoms with van der Waals surface area (Å²) in [6, 6.07) is 9.54. The highest BCUT2D eigenvalue weighted by Gasteiger charge is 2.03. The summed E-state index contributed by atoms with van der Waals surface area (Å²) in [7, 11) is 1.62. The number of hydrogen-bond donors (Lipinski definition) is 2. The third kappa shape index (κ3) is 5.41. The molecule has 0 unspecified atom stereocenters. The molecule has 0 spiro atoms. The van der Waals surface area contributed by atoms with Crippen LogP contribution in [0.5, 0.6) is 0 Å². The largest absolute Gasteiger partial charge is 0.341 e. The number of anilines is 2. The first-order valence-electron chi connectivity index (χ1n) is 8.76. The lowest BCUT2D eigenvalue weighted by atomic mass is 10.0. The van der Waals surface area contributed by atoms with Crippen LogP contribution >= 0.6 is 0 Å². The molecule has 0 radical (unpaired) electrons. The Morgan fingerprint density at radius 3 is 2.38 bits per heavy atom. The summed E-state index contributed by atoms with van der Waals surface area (Å²) in [4.78, 5) is 25.2. The highest BCUT2D eigenvalue weighted by molar-refractivity contribution is 5.56. The molecule has 0 fully saturated rings. The summed E-state index contributed by atoms with van der Waals surface area (Å²) >= 11 is 0. The molecular formula is C19H27N3O2. The first-order valence-corrected chi connectivity index (χ1v) is 8.76. The van der Waals surface area contributed by atoms with Gasteiger partial charge in [-0.25, -0.2) is 4.79 Å². The topological polar surface area (TPSA) is 66.9 Å². The van der Waals surface area contributed by atoms with Gasteiger partial charge in [0.25, 0.3) is 5.56 Å². The minimum atomic E-state index is -0.426. The Morgan fingerprint density at radius 2 is 1.67 bits per heavy atom. The number of nitrogens with zero attached hydrogens (tertiary/aromatic N) is 1. The second kappa shape index (κ2) is 9.11. The number of nitrogens with one attached hydrogen (secondary N) is 2. The summed E-state index contributed by atoms with van der Waals surface area (Å²) in [6.45, 7) is 2.24. The second-order valence-corrected chi connectivity index (χ2v) is 6.22. The average molecular weight is 329 g/mol. The van der Waals surface area contributed by atoms with Crippen LogP contribution in [0.2, 0.25) is 0 Å². The van der Waals surface area contributed by atoms with Crippen LogP contribution in [-0.4, -0.2) is 9.55 Å². The van der Waals surface area contributed by atoms with Crippen molar-refractivity contribution in [2.24, 2.45) is 7.05 Å². The first kappa shape index (κ1) is 18.0. The van der Waals surface area contributed by atoms with Gasteiger partial charge < -0.3 is 5.32 Å². The standard InChI is InChI=1S/C19H27N3O2/c1-3-4-5-6-7-8-9-15-10-12-16(13-11-15)20-17-14-18(23)21-19(24)22(17)2/h10-14,20H,3-9H2,1-2H3,(H,21,23,24). The molecule has 0 saturated carbocycles.